The van der Waals surface area contributed by atoms with Gasteiger partial charge < -0.3 is 19.4 Å². The van der Waals surface area contributed by atoms with Crippen molar-refractivity contribution in [3.63, 3.8) is 0 Å². The van der Waals surface area contributed by atoms with Crippen LogP contribution in [0, 0.1) is 13.8 Å². The first-order valence-corrected chi connectivity index (χ1v) is 10.4. The molecule has 6 nitrogen and oxygen atoms in total. The van der Waals surface area contributed by atoms with Gasteiger partial charge in [-0.25, -0.2) is 4.98 Å². The maximum absolute atomic E-state index is 12.4. The van der Waals surface area contributed by atoms with Gasteiger partial charge in [-0.15, -0.1) is 0 Å². The molecule has 146 valence electrons. The number of rotatable bonds is 7. The summed E-state index contributed by atoms with van der Waals surface area (Å²) in [6, 6.07) is 5.50. The molecule has 0 aliphatic carbocycles. The molecule has 0 unspecified atom stereocenters. The second-order valence-corrected chi connectivity index (χ2v) is 7.56. The third kappa shape index (κ3) is 4.97. The van der Waals surface area contributed by atoms with Gasteiger partial charge in [0.1, 0.15) is 0 Å². The van der Waals surface area contributed by atoms with E-state index < -0.39 is 0 Å². The fourth-order valence-electron chi connectivity index (χ4n) is 2.88. The Morgan fingerprint density at radius 1 is 1.26 bits per heavy atom. The summed E-state index contributed by atoms with van der Waals surface area (Å²) in [7, 11) is 0. The highest BCUT2D eigenvalue weighted by molar-refractivity contribution is 7.99. The largest absolute Gasteiger partial charge is 0.490 e. The number of hydrogen-bond acceptors (Lipinski definition) is 5. The average Bonchev–Trinajstić information content (AvgIpc) is 2.82. The minimum Gasteiger partial charge on any atom is -0.490 e. The van der Waals surface area contributed by atoms with E-state index in [2.05, 4.69) is 28.7 Å². The van der Waals surface area contributed by atoms with Crippen LogP contribution in [0.2, 0.25) is 0 Å². The molecular weight excluding hydrogens is 362 g/mol. The fourth-order valence-corrected chi connectivity index (χ4v) is 3.80. The van der Waals surface area contributed by atoms with Crippen LogP contribution in [0.3, 0.4) is 0 Å². The maximum Gasteiger partial charge on any atom is 0.234 e. The molecule has 0 fully saturated rings. The van der Waals surface area contributed by atoms with E-state index in [4.69, 9.17) is 9.47 Å². The molecule has 1 aliphatic heterocycles. The number of hydrogen-bond donors (Lipinski definition) is 1. The molecular formula is C20H27N3O3S. The summed E-state index contributed by atoms with van der Waals surface area (Å²) >= 11 is 1.48. The molecule has 0 radical (unpaired) electrons. The van der Waals surface area contributed by atoms with Gasteiger partial charge in [-0.3, -0.25) is 4.79 Å². The number of aromatic nitrogens is 2. The van der Waals surface area contributed by atoms with Gasteiger partial charge in [-0.2, -0.15) is 0 Å². The van der Waals surface area contributed by atoms with Crippen LogP contribution in [-0.4, -0.2) is 34.4 Å². The normalized spacial score (nSPS) is 13.3. The van der Waals surface area contributed by atoms with E-state index in [9.17, 15) is 4.79 Å². The standard InChI is InChI=1S/C20H27N3O3S/c1-4-5-9-23-15(3)14(2)21-20(23)27-13-19(24)22-16-7-8-17-18(12-16)26-11-6-10-25-17/h7-8,12H,4-6,9-11,13H2,1-3H3,(H,22,24). The van der Waals surface area contributed by atoms with Gasteiger partial charge in [0.15, 0.2) is 16.7 Å². The predicted octanol–water partition coefficient (Wildman–Crippen LogP) is 4.19. The summed E-state index contributed by atoms with van der Waals surface area (Å²) in [5, 5.41) is 3.84. The summed E-state index contributed by atoms with van der Waals surface area (Å²) in [6.07, 6.45) is 3.09. The molecule has 2 aromatic rings. The number of thioether (sulfide) groups is 1. The summed E-state index contributed by atoms with van der Waals surface area (Å²) in [5.41, 5.74) is 2.91. The highest BCUT2D eigenvalue weighted by Crippen LogP contribution is 2.32. The van der Waals surface area contributed by atoms with Crippen molar-refractivity contribution in [1.82, 2.24) is 9.55 Å². The van der Waals surface area contributed by atoms with Gasteiger partial charge in [-0.1, -0.05) is 25.1 Å². The van der Waals surface area contributed by atoms with Crippen molar-refractivity contribution >= 4 is 23.4 Å². The Bertz CT molecular complexity index is 804. The van der Waals surface area contributed by atoms with Crippen molar-refractivity contribution in [2.45, 2.75) is 51.7 Å². The fraction of sp³-hybridized carbons (Fsp3) is 0.500. The SMILES string of the molecule is CCCCn1c(SCC(=O)Nc2ccc3c(c2)OCCCO3)nc(C)c1C. The number of carbonyl (C=O) groups excluding carboxylic acids is 1. The van der Waals surface area contributed by atoms with E-state index in [1.165, 1.54) is 17.5 Å². The van der Waals surface area contributed by atoms with Gasteiger partial charge in [0, 0.05) is 30.4 Å². The molecule has 2 heterocycles. The third-order valence-electron chi connectivity index (χ3n) is 4.52. The van der Waals surface area contributed by atoms with Crippen LogP contribution in [-0.2, 0) is 11.3 Å². The lowest BCUT2D eigenvalue weighted by Gasteiger charge is -2.11. The van der Waals surface area contributed by atoms with Crippen molar-refractivity contribution in [2.24, 2.45) is 0 Å². The van der Waals surface area contributed by atoms with Crippen molar-refractivity contribution in [3.05, 3.63) is 29.6 Å². The molecule has 0 spiro atoms. The minimum atomic E-state index is -0.0603. The molecule has 3 rings (SSSR count). The Labute approximate surface area is 164 Å². The van der Waals surface area contributed by atoms with E-state index >= 15 is 0 Å². The molecule has 0 bridgehead atoms. The van der Waals surface area contributed by atoms with Crippen molar-refractivity contribution in [1.29, 1.82) is 0 Å². The van der Waals surface area contributed by atoms with Crippen LogP contribution in [0.5, 0.6) is 11.5 Å². The lowest BCUT2D eigenvalue weighted by molar-refractivity contribution is -0.113. The topological polar surface area (TPSA) is 65.4 Å². The van der Waals surface area contributed by atoms with Gasteiger partial charge in [-0.05, 0) is 32.4 Å². The number of carbonyl (C=O) groups is 1. The summed E-state index contributed by atoms with van der Waals surface area (Å²) in [4.78, 5) is 17.0. The number of amides is 1. The summed E-state index contributed by atoms with van der Waals surface area (Å²) in [5.74, 6) is 1.66. The van der Waals surface area contributed by atoms with Crippen molar-refractivity contribution < 1.29 is 14.3 Å². The van der Waals surface area contributed by atoms with Gasteiger partial charge in [0.2, 0.25) is 5.91 Å². The van der Waals surface area contributed by atoms with Crippen molar-refractivity contribution in [3.8, 4) is 11.5 Å². The zero-order chi connectivity index (χ0) is 19.2. The molecule has 0 saturated carbocycles. The second kappa shape index (κ2) is 9.17. The van der Waals surface area contributed by atoms with E-state index in [1.807, 2.05) is 25.1 Å². The number of unbranched alkanes of at least 4 members (excludes halogenated alkanes) is 1. The van der Waals surface area contributed by atoms with Crippen LogP contribution in [0.25, 0.3) is 0 Å². The number of aryl methyl sites for hydroxylation is 1. The maximum atomic E-state index is 12.4. The van der Waals surface area contributed by atoms with E-state index in [-0.39, 0.29) is 5.91 Å². The first kappa shape index (κ1) is 19.6. The Hall–Kier alpha value is -2.15. The lowest BCUT2D eigenvalue weighted by Crippen LogP contribution is -2.15. The Kier molecular flexibility index (Phi) is 6.66. The van der Waals surface area contributed by atoms with Gasteiger partial charge in [0.25, 0.3) is 0 Å². The molecule has 1 aliphatic rings. The van der Waals surface area contributed by atoms with Gasteiger partial charge >= 0.3 is 0 Å². The first-order chi connectivity index (χ1) is 13.1. The summed E-state index contributed by atoms with van der Waals surface area (Å²) < 4.78 is 13.5. The molecule has 7 heteroatoms. The first-order valence-electron chi connectivity index (χ1n) is 9.44. The molecule has 1 aromatic heterocycles. The number of fused-ring (bicyclic) bond motifs is 1. The predicted molar refractivity (Wildman–Crippen MR) is 108 cm³/mol. The lowest BCUT2D eigenvalue weighted by atomic mass is 10.2. The Morgan fingerprint density at radius 3 is 2.81 bits per heavy atom. The monoisotopic (exact) mass is 389 g/mol. The number of anilines is 1. The quantitative estimate of drug-likeness (QED) is 0.719. The molecule has 27 heavy (non-hydrogen) atoms. The summed E-state index contributed by atoms with van der Waals surface area (Å²) in [6.45, 7) is 8.49. The van der Waals surface area contributed by atoms with Crippen LogP contribution < -0.4 is 14.8 Å². The highest BCUT2D eigenvalue weighted by atomic mass is 32.2. The molecule has 0 saturated heterocycles. The number of benzene rings is 1. The minimum absolute atomic E-state index is 0.0603. The number of nitrogens with one attached hydrogen (secondary N) is 1. The highest BCUT2D eigenvalue weighted by Gasteiger charge is 2.15. The van der Waals surface area contributed by atoms with Crippen LogP contribution >= 0.6 is 11.8 Å². The van der Waals surface area contributed by atoms with E-state index in [0.717, 1.165) is 42.4 Å². The molecule has 1 N–H and O–H groups in total. The van der Waals surface area contributed by atoms with Crippen LogP contribution in [0.1, 0.15) is 37.6 Å². The number of nitrogens with zero attached hydrogens (tertiary/aromatic N) is 2. The van der Waals surface area contributed by atoms with E-state index in [1.54, 1.807) is 0 Å². The Morgan fingerprint density at radius 2 is 2.04 bits per heavy atom. The third-order valence-corrected chi connectivity index (χ3v) is 5.50. The number of ether oxygens (including phenoxy) is 2. The van der Waals surface area contributed by atoms with Gasteiger partial charge in [0.05, 0.1) is 24.7 Å². The smallest absolute Gasteiger partial charge is 0.234 e. The average molecular weight is 390 g/mol. The van der Waals surface area contributed by atoms with Crippen LogP contribution in [0.15, 0.2) is 23.4 Å². The Balaban J connectivity index is 1.60. The zero-order valence-electron chi connectivity index (χ0n) is 16.2. The molecule has 1 aromatic carbocycles. The molecule has 0 atom stereocenters. The van der Waals surface area contributed by atoms with Crippen LogP contribution in [0.4, 0.5) is 5.69 Å². The number of imidazole rings is 1. The van der Waals surface area contributed by atoms with Crippen molar-refractivity contribution in [2.75, 3.05) is 24.3 Å². The zero-order valence-corrected chi connectivity index (χ0v) is 17.0. The molecule has 1 amide bonds. The second-order valence-electron chi connectivity index (χ2n) is 6.62. The van der Waals surface area contributed by atoms with E-state index in [0.29, 0.717) is 30.4 Å².